The SMILES string of the molecule is COC(=O)Cc1c(C)n(C(=O)c2cccc(Cl)c2)c2ccc(O)cc12. The number of benzene rings is 2. The predicted molar refractivity (Wildman–Crippen MR) is 95.2 cm³/mol. The normalized spacial score (nSPS) is 10.8. The zero-order chi connectivity index (χ0) is 18.1. The number of phenolic OH excluding ortho intramolecular Hbond substituents is 1. The number of nitrogens with zero attached hydrogens (tertiary/aromatic N) is 1. The molecule has 1 N–H and O–H groups in total. The largest absolute Gasteiger partial charge is 0.508 e. The highest BCUT2D eigenvalue weighted by Crippen LogP contribution is 2.30. The van der Waals surface area contributed by atoms with Crippen molar-refractivity contribution in [3.63, 3.8) is 0 Å². The predicted octanol–water partition coefficient (Wildman–Crippen LogP) is 3.71. The van der Waals surface area contributed by atoms with Gasteiger partial charge in [0.15, 0.2) is 0 Å². The van der Waals surface area contributed by atoms with Gasteiger partial charge in [-0.3, -0.25) is 14.2 Å². The van der Waals surface area contributed by atoms with Gasteiger partial charge in [-0.05, 0) is 48.9 Å². The topological polar surface area (TPSA) is 68.5 Å². The van der Waals surface area contributed by atoms with Gasteiger partial charge in [0, 0.05) is 21.7 Å². The summed E-state index contributed by atoms with van der Waals surface area (Å²) < 4.78 is 6.27. The Bertz CT molecular complexity index is 990. The Hall–Kier alpha value is -2.79. The van der Waals surface area contributed by atoms with Crippen LogP contribution in [0.4, 0.5) is 0 Å². The zero-order valence-corrected chi connectivity index (χ0v) is 14.5. The summed E-state index contributed by atoms with van der Waals surface area (Å²) in [5, 5.41) is 10.9. The summed E-state index contributed by atoms with van der Waals surface area (Å²) in [6, 6.07) is 11.4. The lowest BCUT2D eigenvalue weighted by atomic mass is 10.1. The van der Waals surface area contributed by atoms with Crippen LogP contribution < -0.4 is 0 Å². The van der Waals surface area contributed by atoms with Crippen molar-refractivity contribution in [2.24, 2.45) is 0 Å². The number of hydrogen-bond donors (Lipinski definition) is 1. The number of rotatable bonds is 3. The fourth-order valence-corrected chi connectivity index (χ4v) is 3.11. The highest BCUT2D eigenvalue weighted by molar-refractivity contribution is 6.31. The number of ether oxygens (including phenoxy) is 1. The number of fused-ring (bicyclic) bond motifs is 1. The van der Waals surface area contributed by atoms with E-state index in [1.807, 2.05) is 0 Å². The van der Waals surface area contributed by atoms with E-state index in [9.17, 15) is 14.7 Å². The lowest BCUT2D eigenvalue weighted by Gasteiger charge is -2.08. The van der Waals surface area contributed by atoms with Gasteiger partial charge in [-0.2, -0.15) is 0 Å². The molecule has 0 aliphatic heterocycles. The summed E-state index contributed by atoms with van der Waals surface area (Å²) in [5.41, 5.74) is 2.31. The molecule has 3 rings (SSSR count). The zero-order valence-electron chi connectivity index (χ0n) is 13.7. The summed E-state index contributed by atoms with van der Waals surface area (Å²) in [6.07, 6.45) is 0.0120. The lowest BCUT2D eigenvalue weighted by Crippen LogP contribution is -2.14. The van der Waals surface area contributed by atoms with Gasteiger partial charge in [0.25, 0.3) is 5.91 Å². The van der Waals surface area contributed by atoms with Crippen molar-refractivity contribution in [3.05, 3.63) is 64.3 Å². The first-order chi connectivity index (χ1) is 11.9. The smallest absolute Gasteiger partial charge is 0.310 e. The average molecular weight is 358 g/mol. The van der Waals surface area contributed by atoms with Crippen molar-refractivity contribution >= 4 is 34.4 Å². The van der Waals surface area contributed by atoms with E-state index in [4.69, 9.17) is 16.3 Å². The molecular formula is C19H16ClNO4. The van der Waals surface area contributed by atoms with Crippen molar-refractivity contribution in [1.29, 1.82) is 0 Å². The standard InChI is InChI=1S/C19H16ClNO4/c1-11-15(10-18(23)25-2)16-9-14(22)6-7-17(16)21(11)19(24)12-4-3-5-13(20)8-12/h3-9,22H,10H2,1-2H3. The van der Waals surface area contributed by atoms with E-state index >= 15 is 0 Å². The third kappa shape index (κ3) is 3.10. The Kier molecular flexibility index (Phi) is 4.51. The van der Waals surface area contributed by atoms with Crippen molar-refractivity contribution in [3.8, 4) is 5.75 Å². The number of halogens is 1. The second kappa shape index (κ2) is 6.61. The highest BCUT2D eigenvalue weighted by atomic mass is 35.5. The fourth-order valence-electron chi connectivity index (χ4n) is 2.92. The van der Waals surface area contributed by atoms with Crippen LogP contribution in [-0.2, 0) is 16.0 Å². The summed E-state index contributed by atoms with van der Waals surface area (Å²) >= 11 is 5.99. The number of hydrogen-bond acceptors (Lipinski definition) is 4. The third-order valence-corrected chi connectivity index (χ3v) is 4.38. The number of carbonyl (C=O) groups excluding carboxylic acids is 2. The first kappa shape index (κ1) is 17.0. The minimum absolute atomic E-state index is 0.0120. The molecule has 0 amide bonds. The van der Waals surface area contributed by atoms with Gasteiger partial charge >= 0.3 is 5.97 Å². The molecule has 6 heteroatoms. The second-order valence-corrected chi connectivity index (χ2v) is 6.11. The molecule has 0 spiro atoms. The van der Waals surface area contributed by atoms with Crippen molar-refractivity contribution in [1.82, 2.24) is 4.57 Å². The summed E-state index contributed by atoms with van der Waals surface area (Å²) in [5.74, 6) is -0.613. The fraction of sp³-hybridized carbons (Fsp3) is 0.158. The van der Waals surface area contributed by atoms with E-state index in [0.717, 1.165) is 0 Å². The van der Waals surface area contributed by atoms with Gasteiger partial charge in [0.1, 0.15) is 5.75 Å². The summed E-state index contributed by atoms with van der Waals surface area (Å²) in [4.78, 5) is 24.8. The molecule has 0 fully saturated rings. The summed E-state index contributed by atoms with van der Waals surface area (Å²) in [7, 11) is 1.31. The van der Waals surface area contributed by atoms with Crippen LogP contribution >= 0.6 is 11.6 Å². The van der Waals surface area contributed by atoms with Crippen LogP contribution in [0.3, 0.4) is 0 Å². The average Bonchev–Trinajstić information content (AvgIpc) is 2.85. The number of phenols is 1. The van der Waals surface area contributed by atoms with Crippen LogP contribution in [0.2, 0.25) is 5.02 Å². The van der Waals surface area contributed by atoms with Gasteiger partial charge in [-0.15, -0.1) is 0 Å². The Morgan fingerprint density at radius 2 is 1.96 bits per heavy atom. The van der Waals surface area contributed by atoms with E-state index in [2.05, 4.69) is 0 Å². The van der Waals surface area contributed by atoms with Crippen LogP contribution in [0.5, 0.6) is 5.75 Å². The number of carbonyl (C=O) groups is 2. The number of methoxy groups -OCH3 is 1. The molecule has 2 aromatic carbocycles. The first-order valence-corrected chi connectivity index (χ1v) is 8.00. The maximum Gasteiger partial charge on any atom is 0.310 e. The van der Waals surface area contributed by atoms with Crippen molar-refractivity contribution in [2.45, 2.75) is 13.3 Å². The Balaban J connectivity index is 2.23. The highest BCUT2D eigenvalue weighted by Gasteiger charge is 2.22. The molecular weight excluding hydrogens is 342 g/mol. The minimum atomic E-state index is -0.416. The molecule has 0 radical (unpaired) electrons. The maximum atomic E-state index is 13.0. The summed E-state index contributed by atoms with van der Waals surface area (Å²) in [6.45, 7) is 1.76. The van der Waals surface area contributed by atoms with E-state index < -0.39 is 5.97 Å². The monoisotopic (exact) mass is 357 g/mol. The number of esters is 1. The lowest BCUT2D eigenvalue weighted by molar-refractivity contribution is -0.139. The molecule has 5 nitrogen and oxygen atoms in total. The molecule has 1 heterocycles. The number of aromatic hydroxyl groups is 1. The van der Waals surface area contributed by atoms with Gasteiger partial charge < -0.3 is 9.84 Å². The molecule has 0 saturated heterocycles. The second-order valence-electron chi connectivity index (χ2n) is 5.67. The molecule has 0 bridgehead atoms. The van der Waals surface area contributed by atoms with E-state index in [-0.39, 0.29) is 18.1 Å². The Labute approximate surface area is 149 Å². The molecule has 128 valence electrons. The molecule has 3 aromatic rings. The van der Waals surface area contributed by atoms with E-state index in [1.165, 1.54) is 17.7 Å². The van der Waals surface area contributed by atoms with Crippen LogP contribution in [0.1, 0.15) is 21.6 Å². The van der Waals surface area contributed by atoms with Crippen molar-refractivity contribution < 1.29 is 19.4 Å². The third-order valence-electron chi connectivity index (χ3n) is 4.14. The van der Waals surface area contributed by atoms with Crippen LogP contribution in [0, 0.1) is 6.92 Å². The molecule has 0 aliphatic rings. The van der Waals surface area contributed by atoms with Crippen LogP contribution in [0.15, 0.2) is 42.5 Å². The van der Waals surface area contributed by atoms with E-state index in [1.54, 1.807) is 43.3 Å². The molecule has 1 aromatic heterocycles. The molecule has 0 unspecified atom stereocenters. The Morgan fingerprint density at radius 3 is 2.64 bits per heavy atom. The van der Waals surface area contributed by atoms with Crippen molar-refractivity contribution in [2.75, 3.05) is 7.11 Å². The van der Waals surface area contributed by atoms with Crippen LogP contribution in [-0.4, -0.2) is 28.7 Å². The minimum Gasteiger partial charge on any atom is -0.508 e. The van der Waals surface area contributed by atoms with Gasteiger partial charge in [0.05, 0.1) is 19.0 Å². The van der Waals surface area contributed by atoms with E-state index in [0.29, 0.717) is 32.7 Å². The van der Waals surface area contributed by atoms with Crippen LogP contribution in [0.25, 0.3) is 10.9 Å². The molecule has 0 atom stereocenters. The van der Waals surface area contributed by atoms with Gasteiger partial charge in [-0.1, -0.05) is 17.7 Å². The molecule has 0 aliphatic carbocycles. The van der Waals surface area contributed by atoms with Gasteiger partial charge in [0.2, 0.25) is 0 Å². The maximum absolute atomic E-state index is 13.0. The number of aromatic nitrogens is 1. The quantitative estimate of drug-likeness (QED) is 0.725. The first-order valence-electron chi connectivity index (χ1n) is 7.62. The molecule has 0 saturated carbocycles. The Morgan fingerprint density at radius 1 is 1.20 bits per heavy atom. The van der Waals surface area contributed by atoms with Gasteiger partial charge in [-0.25, -0.2) is 0 Å². The molecule has 25 heavy (non-hydrogen) atoms.